The van der Waals surface area contributed by atoms with Gasteiger partial charge in [-0.25, -0.2) is 0 Å². The van der Waals surface area contributed by atoms with Crippen LogP contribution in [0.1, 0.15) is 33.6 Å². The molecule has 1 rings (SSSR count). The van der Waals surface area contributed by atoms with Gasteiger partial charge in [-0.05, 0) is 24.2 Å². The predicted molar refractivity (Wildman–Crippen MR) is 38.2 cm³/mol. The average Bonchev–Trinajstić information content (AvgIpc) is 2.38. The Labute approximate surface area is 57.1 Å². The molecule has 1 fully saturated rings. The van der Waals surface area contributed by atoms with Crippen LogP contribution in [-0.2, 0) is 0 Å². The molecule has 9 heavy (non-hydrogen) atoms. The van der Waals surface area contributed by atoms with Crippen molar-refractivity contribution in [1.29, 1.82) is 0 Å². The molecule has 1 saturated carbocycles. The fourth-order valence-corrected chi connectivity index (χ4v) is 1.45. The van der Waals surface area contributed by atoms with E-state index in [1.54, 1.807) is 0 Å². The van der Waals surface area contributed by atoms with Crippen molar-refractivity contribution in [2.75, 3.05) is 0 Å². The van der Waals surface area contributed by atoms with Crippen LogP contribution in [0.15, 0.2) is 0 Å². The molecule has 2 unspecified atom stereocenters. The van der Waals surface area contributed by atoms with E-state index in [1.807, 2.05) is 6.92 Å². The van der Waals surface area contributed by atoms with Gasteiger partial charge in [0.05, 0.1) is 6.10 Å². The highest BCUT2D eigenvalue weighted by Gasteiger charge is 2.48. The lowest BCUT2D eigenvalue weighted by Crippen LogP contribution is -2.10. The minimum Gasteiger partial charge on any atom is -0.393 e. The summed E-state index contributed by atoms with van der Waals surface area (Å²) in [5.41, 5.74) is 0.440. The van der Waals surface area contributed by atoms with Gasteiger partial charge in [0.15, 0.2) is 0 Å². The summed E-state index contributed by atoms with van der Waals surface area (Å²) in [5, 5.41) is 9.33. The van der Waals surface area contributed by atoms with E-state index in [0.717, 1.165) is 6.42 Å². The van der Waals surface area contributed by atoms with Crippen LogP contribution in [0.3, 0.4) is 0 Å². The van der Waals surface area contributed by atoms with Gasteiger partial charge in [-0.1, -0.05) is 20.8 Å². The molecule has 0 bridgehead atoms. The molecule has 0 aromatic heterocycles. The Kier molecular flexibility index (Phi) is 1.55. The molecule has 1 N–H and O–H groups in total. The van der Waals surface area contributed by atoms with E-state index in [2.05, 4.69) is 13.8 Å². The van der Waals surface area contributed by atoms with E-state index in [0.29, 0.717) is 11.3 Å². The van der Waals surface area contributed by atoms with E-state index in [-0.39, 0.29) is 6.10 Å². The van der Waals surface area contributed by atoms with Gasteiger partial charge in [-0.2, -0.15) is 0 Å². The third-order valence-corrected chi connectivity index (χ3v) is 2.47. The molecule has 1 aliphatic carbocycles. The van der Waals surface area contributed by atoms with Crippen LogP contribution in [-0.4, -0.2) is 11.2 Å². The zero-order chi connectivity index (χ0) is 7.07. The minimum atomic E-state index is -0.0417. The molecule has 1 heteroatoms. The second-order valence-electron chi connectivity index (χ2n) is 3.77. The van der Waals surface area contributed by atoms with Gasteiger partial charge in [0.1, 0.15) is 0 Å². The van der Waals surface area contributed by atoms with Crippen LogP contribution >= 0.6 is 0 Å². The highest BCUT2D eigenvalue weighted by molar-refractivity contribution is 4.98. The summed E-state index contributed by atoms with van der Waals surface area (Å²) in [7, 11) is 0. The monoisotopic (exact) mass is 128 g/mol. The van der Waals surface area contributed by atoms with Crippen LogP contribution in [0.2, 0.25) is 0 Å². The summed E-state index contributed by atoms with van der Waals surface area (Å²) in [6.45, 7) is 6.48. The standard InChI is InChI=1S/C8H16O/c1-4-7(9)6-5-8(6,2)3/h6-7,9H,4-5H2,1-3H3. The van der Waals surface area contributed by atoms with Gasteiger partial charge in [0.2, 0.25) is 0 Å². The highest BCUT2D eigenvalue weighted by atomic mass is 16.3. The Morgan fingerprint density at radius 3 is 2.22 bits per heavy atom. The summed E-state index contributed by atoms with van der Waals surface area (Å²) in [6, 6.07) is 0. The number of rotatable bonds is 2. The molecule has 1 aliphatic rings. The van der Waals surface area contributed by atoms with Gasteiger partial charge in [0.25, 0.3) is 0 Å². The maximum atomic E-state index is 9.33. The Balaban J connectivity index is 2.33. The zero-order valence-electron chi connectivity index (χ0n) is 6.52. The lowest BCUT2D eigenvalue weighted by atomic mass is 10.0. The highest BCUT2D eigenvalue weighted by Crippen LogP contribution is 2.53. The molecular weight excluding hydrogens is 112 g/mol. The quantitative estimate of drug-likeness (QED) is 0.601. The number of hydrogen-bond donors (Lipinski definition) is 1. The number of aliphatic hydroxyl groups is 1. The third-order valence-electron chi connectivity index (χ3n) is 2.47. The van der Waals surface area contributed by atoms with Crippen LogP contribution in [0.4, 0.5) is 0 Å². The predicted octanol–water partition coefficient (Wildman–Crippen LogP) is 1.80. The van der Waals surface area contributed by atoms with E-state index >= 15 is 0 Å². The first-order chi connectivity index (χ1) is 4.08. The molecule has 0 spiro atoms. The van der Waals surface area contributed by atoms with E-state index < -0.39 is 0 Å². The summed E-state index contributed by atoms with van der Waals surface area (Å²) >= 11 is 0. The summed E-state index contributed by atoms with van der Waals surface area (Å²) in [4.78, 5) is 0. The van der Waals surface area contributed by atoms with Gasteiger partial charge in [-0.3, -0.25) is 0 Å². The largest absolute Gasteiger partial charge is 0.393 e. The third kappa shape index (κ3) is 1.26. The van der Waals surface area contributed by atoms with Gasteiger partial charge < -0.3 is 5.11 Å². The zero-order valence-corrected chi connectivity index (χ0v) is 6.52. The van der Waals surface area contributed by atoms with E-state index in [9.17, 15) is 5.11 Å². The first kappa shape index (κ1) is 7.07. The Hall–Kier alpha value is -0.0400. The second kappa shape index (κ2) is 1.98. The van der Waals surface area contributed by atoms with Crippen LogP contribution < -0.4 is 0 Å². The summed E-state index contributed by atoms with van der Waals surface area (Å²) in [6.07, 6.45) is 2.08. The molecular formula is C8H16O. The van der Waals surface area contributed by atoms with Crippen molar-refractivity contribution in [2.45, 2.75) is 39.7 Å². The van der Waals surface area contributed by atoms with Crippen molar-refractivity contribution >= 4 is 0 Å². The molecule has 0 radical (unpaired) electrons. The SMILES string of the molecule is CCC(O)C1CC1(C)C. The maximum absolute atomic E-state index is 9.33. The molecule has 0 heterocycles. The normalized spacial score (nSPS) is 34.0. The topological polar surface area (TPSA) is 20.2 Å². The van der Waals surface area contributed by atoms with Gasteiger partial charge in [0, 0.05) is 0 Å². The first-order valence-corrected chi connectivity index (χ1v) is 3.76. The van der Waals surface area contributed by atoms with E-state index in [4.69, 9.17) is 0 Å². The van der Waals surface area contributed by atoms with Crippen molar-refractivity contribution in [3.63, 3.8) is 0 Å². The minimum absolute atomic E-state index is 0.0417. The Bertz CT molecular complexity index is 107. The average molecular weight is 128 g/mol. The van der Waals surface area contributed by atoms with Crippen LogP contribution in [0.5, 0.6) is 0 Å². The van der Waals surface area contributed by atoms with Crippen molar-refractivity contribution < 1.29 is 5.11 Å². The molecule has 1 nitrogen and oxygen atoms in total. The second-order valence-corrected chi connectivity index (χ2v) is 3.77. The van der Waals surface area contributed by atoms with Crippen molar-refractivity contribution in [2.24, 2.45) is 11.3 Å². The van der Waals surface area contributed by atoms with E-state index in [1.165, 1.54) is 6.42 Å². The number of hydrogen-bond acceptors (Lipinski definition) is 1. The Morgan fingerprint density at radius 2 is 2.11 bits per heavy atom. The maximum Gasteiger partial charge on any atom is 0.0571 e. The fraction of sp³-hybridized carbons (Fsp3) is 1.00. The molecule has 0 aromatic rings. The van der Waals surface area contributed by atoms with Crippen molar-refractivity contribution in [3.8, 4) is 0 Å². The van der Waals surface area contributed by atoms with Crippen LogP contribution in [0, 0.1) is 11.3 Å². The summed E-state index contributed by atoms with van der Waals surface area (Å²) in [5.74, 6) is 0.586. The lowest BCUT2D eigenvalue weighted by molar-refractivity contribution is 0.132. The fourth-order valence-electron chi connectivity index (χ4n) is 1.45. The first-order valence-electron chi connectivity index (χ1n) is 3.76. The van der Waals surface area contributed by atoms with Gasteiger partial charge >= 0.3 is 0 Å². The molecule has 2 atom stereocenters. The summed E-state index contributed by atoms with van der Waals surface area (Å²) < 4.78 is 0. The smallest absolute Gasteiger partial charge is 0.0571 e. The molecule has 54 valence electrons. The van der Waals surface area contributed by atoms with Crippen LogP contribution in [0.25, 0.3) is 0 Å². The molecule has 0 saturated heterocycles. The van der Waals surface area contributed by atoms with Gasteiger partial charge in [-0.15, -0.1) is 0 Å². The molecule has 0 amide bonds. The number of aliphatic hydroxyl groups excluding tert-OH is 1. The van der Waals surface area contributed by atoms with Crippen molar-refractivity contribution in [3.05, 3.63) is 0 Å². The molecule has 0 aliphatic heterocycles. The molecule has 0 aromatic carbocycles. The van der Waals surface area contributed by atoms with Crippen molar-refractivity contribution in [1.82, 2.24) is 0 Å². The Morgan fingerprint density at radius 1 is 1.67 bits per heavy atom. The lowest BCUT2D eigenvalue weighted by Gasteiger charge is -2.08.